The van der Waals surface area contributed by atoms with E-state index >= 15 is 0 Å². The van der Waals surface area contributed by atoms with E-state index in [4.69, 9.17) is 5.11 Å². The van der Waals surface area contributed by atoms with E-state index in [2.05, 4.69) is 26.1 Å². The number of rotatable bonds is 3. The second kappa shape index (κ2) is 4.71. The number of halogens is 1. The number of aromatic nitrogens is 2. The van der Waals surface area contributed by atoms with Gasteiger partial charge in [-0.05, 0) is 30.2 Å². The Morgan fingerprint density at radius 3 is 2.94 bits per heavy atom. The Bertz CT molecular complexity index is 563. The number of carboxylic acids is 1. The maximum Gasteiger partial charge on any atom is 0.309 e. The van der Waals surface area contributed by atoms with Crippen molar-refractivity contribution in [2.45, 2.75) is 13.3 Å². The van der Waals surface area contributed by atoms with E-state index in [0.29, 0.717) is 5.69 Å². The molecule has 0 saturated heterocycles. The number of nitrogens with one attached hydrogen (secondary N) is 1. The molecular formula is C12H11BrN2O2. The van der Waals surface area contributed by atoms with Crippen LogP contribution in [-0.4, -0.2) is 21.3 Å². The zero-order valence-electron chi connectivity index (χ0n) is 9.20. The van der Waals surface area contributed by atoms with Crippen LogP contribution in [0.2, 0.25) is 0 Å². The van der Waals surface area contributed by atoms with Crippen molar-refractivity contribution >= 4 is 21.9 Å². The number of nitrogens with zero attached hydrogens (tertiary/aromatic N) is 1. The third kappa shape index (κ3) is 2.55. The molecule has 1 heterocycles. The molecule has 0 spiro atoms. The highest BCUT2D eigenvalue weighted by atomic mass is 79.9. The molecule has 1 aromatic carbocycles. The average Bonchev–Trinajstić information content (AvgIpc) is 2.69. The van der Waals surface area contributed by atoms with Gasteiger partial charge in [0.25, 0.3) is 0 Å². The SMILES string of the molecule is Cc1ccc(Br)cc1-c1cn[nH]c1CC(=O)O. The predicted molar refractivity (Wildman–Crippen MR) is 67.8 cm³/mol. The van der Waals surface area contributed by atoms with Gasteiger partial charge in [-0.15, -0.1) is 0 Å². The van der Waals surface area contributed by atoms with Crippen LogP contribution in [0.5, 0.6) is 0 Å². The minimum Gasteiger partial charge on any atom is -0.481 e. The Kier molecular flexibility index (Phi) is 3.28. The Balaban J connectivity index is 2.49. The molecule has 0 aliphatic rings. The van der Waals surface area contributed by atoms with Crippen molar-refractivity contribution in [2.75, 3.05) is 0 Å². The summed E-state index contributed by atoms with van der Waals surface area (Å²) in [6, 6.07) is 5.90. The molecule has 88 valence electrons. The van der Waals surface area contributed by atoms with E-state index in [0.717, 1.165) is 21.2 Å². The fourth-order valence-electron chi connectivity index (χ4n) is 1.72. The summed E-state index contributed by atoms with van der Waals surface area (Å²) >= 11 is 3.41. The molecule has 0 saturated carbocycles. The maximum absolute atomic E-state index is 10.7. The smallest absolute Gasteiger partial charge is 0.309 e. The van der Waals surface area contributed by atoms with E-state index in [1.54, 1.807) is 6.20 Å². The van der Waals surface area contributed by atoms with Crippen molar-refractivity contribution in [3.63, 3.8) is 0 Å². The van der Waals surface area contributed by atoms with E-state index < -0.39 is 5.97 Å². The summed E-state index contributed by atoms with van der Waals surface area (Å²) in [5.74, 6) is -0.872. The van der Waals surface area contributed by atoms with Gasteiger partial charge in [-0.1, -0.05) is 22.0 Å². The van der Waals surface area contributed by atoms with E-state index in [1.165, 1.54) is 0 Å². The van der Waals surface area contributed by atoms with Crippen LogP contribution in [-0.2, 0) is 11.2 Å². The standard InChI is InChI=1S/C12H11BrN2O2/c1-7-2-3-8(13)4-9(7)10-6-14-15-11(10)5-12(16)17/h2-4,6H,5H2,1H3,(H,14,15)(H,16,17). The highest BCUT2D eigenvalue weighted by Crippen LogP contribution is 2.28. The van der Waals surface area contributed by atoms with Crippen LogP contribution in [0.3, 0.4) is 0 Å². The van der Waals surface area contributed by atoms with Crippen molar-refractivity contribution in [3.05, 3.63) is 40.1 Å². The fourth-order valence-corrected chi connectivity index (χ4v) is 2.08. The molecular weight excluding hydrogens is 284 g/mol. The molecule has 0 amide bonds. The summed E-state index contributed by atoms with van der Waals surface area (Å²) in [4.78, 5) is 10.7. The molecule has 0 aliphatic carbocycles. The summed E-state index contributed by atoms with van der Waals surface area (Å²) in [5, 5.41) is 15.5. The summed E-state index contributed by atoms with van der Waals surface area (Å²) in [7, 11) is 0. The van der Waals surface area contributed by atoms with Crippen LogP contribution in [0.25, 0.3) is 11.1 Å². The molecule has 0 bridgehead atoms. The highest BCUT2D eigenvalue weighted by Gasteiger charge is 2.12. The number of benzene rings is 1. The zero-order valence-corrected chi connectivity index (χ0v) is 10.8. The summed E-state index contributed by atoms with van der Waals surface area (Å²) in [6.07, 6.45) is 1.61. The Morgan fingerprint density at radius 1 is 1.47 bits per heavy atom. The molecule has 0 radical (unpaired) electrons. The van der Waals surface area contributed by atoms with Gasteiger partial charge < -0.3 is 5.11 Å². The van der Waals surface area contributed by atoms with Gasteiger partial charge in [0.05, 0.1) is 18.3 Å². The lowest BCUT2D eigenvalue weighted by Crippen LogP contribution is -2.02. The minimum atomic E-state index is -0.872. The third-order valence-corrected chi connectivity index (χ3v) is 3.03. The third-order valence-electron chi connectivity index (χ3n) is 2.54. The van der Waals surface area contributed by atoms with Crippen molar-refractivity contribution in [2.24, 2.45) is 0 Å². The first-order chi connectivity index (χ1) is 8.08. The second-order valence-electron chi connectivity index (χ2n) is 3.79. The number of hydrogen-bond donors (Lipinski definition) is 2. The Morgan fingerprint density at radius 2 is 2.24 bits per heavy atom. The quantitative estimate of drug-likeness (QED) is 0.915. The lowest BCUT2D eigenvalue weighted by atomic mass is 10.0. The number of carboxylic acid groups (broad SMARTS) is 1. The first-order valence-electron chi connectivity index (χ1n) is 5.08. The van der Waals surface area contributed by atoms with Gasteiger partial charge in [0.1, 0.15) is 0 Å². The molecule has 2 aromatic rings. The number of carbonyl (C=O) groups is 1. The van der Waals surface area contributed by atoms with Crippen molar-refractivity contribution in [1.82, 2.24) is 10.2 Å². The fraction of sp³-hybridized carbons (Fsp3) is 0.167. The van der Waals surface area contributed by atoms with Crippen molar-refractivity contribution in [1.29, 1.82) is 0 Å². The normalized spacial score (nSPS) is 10.5. The summed E-state index contributed by atoms with van der Waals surface area (Å²) < 4.78 is 0.959. The van der Waals surface area contributed by atoms with E-state index in [1.807, 2.05) is 25.1 Å². The average molecular weight is 295 g/mol. The summed E-state index contributed by atoms with van der Waals surface area (Å²) in [6.45, 7) is 1.99. The molecule has 4 nitrogen and oxygen atoms in total. The molecule has 2 N–H and O–H groups in total. The predicted octanol–water partition coefficient (Wildman–Crippen LogP) is 2.77. The molecule has 0 atom stereocenters. The molecule has 5 heteroatoms. The van der Waals surface area contributed by atoms with Gasteiger partial charge in [-0.2, -0.15) is 5.10 Å². The zero-order chi connectivity index (χ0) is 12.4. The van der Waals surface area contributed by atoms with Crippen LogP contribution in [0.1, 0.15) is 11.3 Å². The van der Waals surface area contributed by atoms with Gasteiger partial charge in [-0.3, -0.25) is 9.89 Å². The van der Waals surface area contributed by atoms with Gasteiger partial charge in [0.15, 0.2) is 0 Å². The van der Waals surface area contributed by atoms with E-state index in [9.17, 15) is 4.79 Å². The van der Waals surface area contributed by atoms with E-state index in [-0.39, 0.29) is 6.42 Å². The lowest BCUT2D eigenvalue weighted by Gasteiger charge is -2.06. The van der Waals surface area contributed by atoms with Gasteiger partial charge >= 0.3 is 5.97 Å². The molecule has 1 aromatic heterocycles. The number of aryl methyl sites for hydroxylation is 1. The number of hydrogen-bond acceptors (Lipinski definition) is 2. The van der Waals surface area contributed by atoms with Crippen LogP contribution < -0.4 is 0 Å². The highest BCUT2D eigenvalue weighted by molar-refractivity contribution is 9.10. The van der Waals surface area contributed by atoms with Gasteiger partial charge in [-0.25, -0.2) is 0 Å². The first-order valence-corrected chi connectivity index (χ1v) is 5.88. The van der Waals surface area contributed by atoms with Crippen molar-refractivity contribution in [3.8, 4) is 11.1 Å². The molecule has 17 heavy (non-hydrogen) atoms. The largest absolute Gasteiger partial charge is 0.481 e. The monoisotopic (exact) mass is 294 g/mol. The number of aliphatic carboxylic acids is 1. The molecule has 0 aliphatic heterocycles. The van der Waals surface area contributed by atoms with Crippen LogP contribution >= 0.6 is 15.9 Å². The molecule has 0 fully saturated rings. The van der Waals surface area contributed by atoms with Crippen LogP contribution in [0.15, 0.2) is 28.9 Å². The first kappa shape index (κ1) is 11.9. The molecule has 0 unspecified atom stereocenters. The van der Waals surface area contributed by atoms with Gasteiger partial charge in [0, 0.05) is 10.0 Å². The Labute approximate surface area is 107 Å². The van der Waals surface area contributed by atoms with Crippen LogP contribution in [0, 0.1) is 6.92 Å². The topological polar surface area (TPSA) is 66.0 Å². The number of aromatic amines is 1. The Hall–Kier alpha value is -1.62. The molecule has 2 rings (SSSR count). The number of H-pyrrole nitrogens is 1. The lowest BCUT2D eigenvalue weighted by molar-refractivity contribution is -0.136. The second-order valence-corrected chi connectivity index (χ2v) is 4.71. The van der Waals surface area contributed by atoms with Crippen molar-refractivity contribution < 1.29 is 9.90 Å². The van der Waals surface area contributed by atoms with Gasteiger partial charge in [0.2, 0.25) is 0 Å². The van der Waals surface area contributed by atoms with Crippen LogP contribution in [0.4, 0.5) is 0 Å². The maximum atomic E-state index is 10.7. The minimum absolute atomic E-state index is 0.0543. The summed E-state index contributed by atoms with van der Waals surface area (Å²) in [5.41, 5.74) is 3.54.